The first-order valence-corrected chi connectivity index (χ1v) is 16.8. The van der Waals surface area contributed by atoms with Crippen molar-refractivity contribution in [1.82, 2.24) is 14.1 Å². The zero-order valence-electron chi connectivity index (χ0n) is 21.0. The molecule has 10 heteroatoms. The van der Waals surface area contributed by atoms with Crippen molar-refractivity contribution in [2.75, 3.05) is 10.8 Å². The molecule has 0 radical (unpaired) electrons. The van der Waals surface area contributed by atoms with Crippen LogP contribution in [-0.4, -0.2) is 42.2 Å². The number of aliphatic hydroxyl groups is 1. The molecule has 190 valence electrons. The molecule has 0 spiro atoms. The van der Waals surface area contributed by atoms with Gasteiger partial charge in [0.1, 0.15) is 18.0 Å². The van der Waals surface area contributed by atoms with Crippen LogP contribution in [0.4, 0.5) is 5.69 Å². The molecule has 2 aromatic carbocycles. The Kier molecular flexibility index (Phi) is 7.27. The number of hydrogen-bond donors (Lipinski definition) is 1. The van der Waals surface area contributed by atoms with Crippen LogP contribution in [0.3, 0.4) is 0 Å². The summed E-state index contributed by atoms with van der Waals surface area (Å²) in [6.07, 6.45) is 8.76. The molecule has 0 unspecified atom stereocenters. The Labute approximate surface area is 213 Å². The molecule has 1 aromatic heterocycles. The number of aromatic nitrogens is 2. The summed E-state index contributed by atoms with van der Waals surface area (Å²) < 4.78 is 36.9. The average molecular weight is 525 g/mol. The lowest BCUT2D eigenvalue weighted by Crippen LogP contribution is -2.37. The van der Waals surface area contributed by atoms with E-state index < -0.39 is 18.3 Å². The lowest BCUT2D eigenvalue weighted by atomic mass is 10.1. The van der Waals surface area contributed by atoms with Crippen molar-refractivity contribution in [2.24, 2.45) is 7.05 Å². The first kappa shape index (κ1) is 25.6. The Balaban J connectivity index is 1.66. The lowest BCUT2D eigenvalue weighted by Gasteiger charge is -2.25. The highest BCUT2D eigenvalue weighted by Crippen LogP contribution is 2.38. The lowest BCUT2D eigenvalue weighted by molar-refractivity contribution is 0.294. The molecule has 36 heavy (non-hydrogen) atoms. The van der Waals surface area contributed by atoms with E-state index in [1.54, 1.807) is 23.0 Å². The summed E-state index contributed by atoms with van der Waals surface area (Å²) in [6.45, 7) is 7.01. The molecule has 2 heterocycles. The standard InChI is InChI=1S/C26H32N4O4SSi/c1-28-18-23(17-27-28)11-10-21-12-13-24(25(16-21)34-20-22-8-6-5-7-9-22)30-19-26(31)29(35(30,32)33)14-15-36(2,3)4/h5-13,16-19,31H,14-15,20H2,1-4H3. The van der Waals surface area contributed by atoms with Crippen LogP contribution in [0.1, 0.15) is 16.7 Å². The van der Waals surface area contributed by atoms with Gasteiger partial charge in [-0.1, -0.05) is 68.2 Å². The minimum Gasteiger partial charge on any atom is -0.493 e. The van der Waals surface area contributed by atoms with Gasteiger partial charge in [0.2, 0.25) is 5.88 Å². The van der Waals surface area contributed by atoms with Crippen LogP contribution in [-0.2, 0) is 23.9 Å². The van der Waals surface area contributed by atoms with Crippen molar-refractivity contribution < 1.29 is 18.3 Å². The smallest absolute Gasteiger partial charge is 0.332 e. The monoisotopic (exact) mass is 524 g/mol. The number of anilines is 1. The SMILES string of the molecule is Cn1cc(C=Cc2ccc(N3C=C(O)N(CC[Si](C)(C)C)S3(=O)=O)c(OCc3ccccc3)c2)cn1. The number of rotatable bonds is 9. The van der Waals surface area contributed by atoms with E-state index in [0.717, 1.165) is 31.3 Å². The largest absolute Gasteiger partial charge is 0.493 e. The first-order chi connectivity index (χ1) is 17.0. The molecule has 1 aliphatic rings. The van der Waals surface area contributed by atoms with Crippen LogP contribution in [0.5, 0.6) is 5.75 Å². The maximum absolute atomic E-state index is 13.4. The van der Waals surface area contributed by atoms with Gasteiger partial charge in [-0.15, -0.1) is 0 Å². The minimum atomic E-state index is -3.99. The molecule has 0 fully saturated rings. The number of benzene rings is 2. The molecular formula is C26H32N4O4SSi. The number of ether oxygens (including phenoxy) is 1. The number of nitrogens with zero attached hydrogens (tertiary/aromatic N) is 4. The van der Waals surface area contributed by atoms with Crippen molar-refractivity contribution in [3.63, 3.8) is 0 Å². The number of aliphatic hydroxyl groups excluding tert-OH is 1. The van der Waals surface area contributed by atoms with Gasteiger partial charge < -0.3 is 9.84 Å². The van der Waals surface area contributed by atoms with Crippen molar-refractivity contribution in [1.29, 1.82) is 0 Å². The fourth-order valence-corrected chi connectivity index (χ4v) is 6.21. The molecule has 0 saturated carbocycles. The molecule has 0 aliphatic carbocycles. The van der Waals surface area contributed by atoms with Gasteiger partial charge in [0, 0.05) is 33.4 Å². The van der Waals surface area contributed by atoms with Crippen LogP contribution in [0.25, 0.3) is 12.2 Å². The van der Waals surface area contributed by atoms with Gasteiger partial charge >= 0.3 is 10.2 Å². The van der Waals surface area contributed by atoms with Crippen molar-refractivity contribution in [3.8, 4) is 5.75 Å². The third-order valence-electron chi connectivity index (χ3n) is 5.73. The van der Waals surface area contributed by atoms with Crippen LogP contribution >= 0.6 is 0 Å². The Hall–Kier alpha value is -3.50. The van der Waals surface area contributed by atoms with Gasteiger partial charge in [-0.3, -0.25) is 4.68 Å². The maximum atomic E-state index is 13.4. The summed E-state index contributed by atoms with van der Waals surface area (Å²) in [5.41, 5.74) is 3.08. The second-order valence-corrected chi connectivity index (χ2v) is 17.3. The van der Waals surface area contributed by atoms with E-state index in [9.17, 15) is 13.5 Å². The average Bonchev–Trinajstić information content (AvgIpc) is 3.34. The van der Waals surface area contributed by atoms with E-state index in [2.05, 4.69) is 24.7 Å². The van der Waals surface area contributed by atoms with Gasteiger partial charge in [0.25, 0.3) is 0 Å². The van der Waals surface area contributed by atoms with Crippen molar-refractivity contribution >= 4 is 36.1 Å². The highest BCUT2D eigenvalue weighted by atomic mass is 32.2. The topological polar surface area (TPSA) is 87.9 Å². The molecule has 0 atom stereocenters. The Bertz CT molecular complexity index is 1380. The van der Waals surface area contributed by atoms with Crippen LogP contribution in [0, 0.1) is 0 Å². The van der Waals surface area contributed by atoms with E-state index in [-0.39, 0.29) is 19.0 Å². The van der Waals surface area contributed by atoms with Gasteiger partial charge in [0.05, 0.1) is 12.4 Å². The normalized spacial score (nSPS) is 15.5. The first-order valence-electron chi connectivity index (χ1n) is 11.7. The molecule has 3 aromatic rings. The molecule has 0 saturated heterocycles. The highest BCUT2D eigenvalue weighted by Gasteiger charge is 2.39. The summed E-state index contributed by atoms with van der Waals surface area (Å²) in [6, 6.07) is 15.7. The van der Waals surface area contributed by atoms with E-state index in [0.29, 0.717) is 11.4 Å². The predicted molar refractivity (Wildman–Crippen MR) is 146 cm³/mol. The summed E-state index contributed by atoms with van der Waals surface area (Å²) in [7, 11) is -3.65. The maximum Gasteiger partial charge on any atom is 0.332 e. The zero-order chi connectivity index (χ0) is 25.9. The summed E-state index contributed by atoms with van der Waals surface area (Å²) in [5, 5.41) is 14.7. The zero-order valence-corrected chi connectivity index (χ0v) is 22.8. The second kappa shape index (κ2) is 10.2. The van der Waals surface area contributed by atoms with E-state index >= 15 is 0 Å². The minimum absolute atomic E-state index is 0.239. The Morgan fingerprint density at radius 2 is 1.78 bits per heavy atom. The highest BCUT2D eigenvalue weighted by molar-refractivity contribution is 7.91. The van der Waals surface area contributed by atoms with Crippen LogP contribution in [0.15, 0.2) is 73.0 Å². The summed E-state index contributed by atoms with van der Waals surface area (Å²) >= 11 is 0. The molecule has 1 N–H and O–H groups in total. The van der Waals surface area contributed by atoms with E-state index in [1.165, 1.54) is 6.20 Å². The van der Waals surface area contributed by atoms with Crippen molar-refractivity contribution in [3.05, 3.63) is 89.7 Å². The number of aryl methyl sites for hydroxylation is 1. The third kappa shape index (κ3) is 6.00. The van der Waals surface area contributed by atoms with Crippen LogP contribution in [0.2, 0.25) is 25.7 Å². The van der Waals surface area contributed by atoms with Gasteiger partial charge in [0.15, 0.2) is 0 Å². The molecule has 8 nitrogen and oxygen atoms in total. The molecule has 0 bridgehead atoms. The van der Waals surface area contributed by atoms with Gasteiger partial charge in [-0.25, -0.2) is 8.61 Å². The molecular weight excluding hydrogens is 492 g/mol. The second-order valence-electron chi connectivity index (χ2n) is 9.96. The molecule has 4 rings (SSSR count). The van der Waals surface area contributed by atoms with E-state index in [4.69, 9.17) is 4.74 Å². The number of hydrogen-bond acceptors (Lipinski definition) is 5. The Morgan fingerprint density at radius 3 is 2.44 bits per heavy atom. The van der Waals surface area contributed by atoms with Gasteiger partial charge in [-0.05, 0) is 29.3 Å². The third-order valence-corrected chi connectivity index (χ3v) is 9.18. The summed E-state index contributed by atoms with van der Waals surface area (Å²) in [5.74, 6) is 0.106. The predicted octanol–water partition coefficient (Wildman–Crippen LogP) is 5.23. The molecule has 1 aliphatic heterocycles. The van der Waals surface area contributed by atoms with Crippen LogP contribution < -0.4 is 9.04 Å². The van der Waals surface area contributed by atoms with Crippen molar-refractivity contribution in [2.45, 2.75) is 32.3 Å². The van der Waals surface area contributed by atoms with E-state index in [1.807, 2.05) is 61.8 Å². The fraction of sp³-hybridized carbons (Fsp3) is 0.269. The quantitative estimate of drug-likeness (QED) is 0.387. The van der Waals surface area contributed by atoms with Gasteiger partial charge in [-0.2, -0.15) is 13.5 Å². The summed E-state index contributed by atoms with van der Waals surface area (Å²) in [4.78, 5) is 0. The fourth-order valence-electron chi connectivity index (χ4n) is 3.71. The Morgan fingerprint density at radius 1 is 1.06 bits per heavy atom. The molecule has 0 amide bonds.